The fraction of sp³-hybridized carbons (Fsp3) is 0.333. The summed E-state index contributed by atoms with van der Waals surface area (Å²) in [5.74, 6) is 1.28. The van der Waals surface area contributed by atoms with E-state index >= 15 is 0 Å². The van der Waals surface area contributed by atoms with Crippen molar-refractivity contribution >= 4 is 36.3 Å². The van der Waals surface area contributed by atoms with Crippen molar-refractivity contribution in [2.75, 3.05) is 24.5 Å². The summed E-state index contributed by atoms with van der Waals surface area (Å²) in [6.45, 7) is 2.59. The largest absolute Gasteiger partial charge is 0.356 e. The number of halogens is 3. The minimum absolute atomic E-state index is 0. The summed E-state index contributed by atoms with van der Waals surface area (Å²) in [5, 5.41) is 4.38. The molecule has 0 amide bonds. The molecule has 4 rings (SSSR count). The summed E-state index contributed by atoms with van der Waals surface area (Å²) in [6, 6.07) is 10.5. The fourth-order valence-electron chi connectivity index (χ4n) is 3.33. The van der Waals surface area contributed by atoms with E-state index in [9.17, 15) is 4.39 Å². The van der Waals surface area contributed by atoms with Crippen LogP contribution in [-0.2, 0) is 0 Å². The van der Waals surface area contributed by atoms with Crippen LogP contribution < -0.4 is 10.6 Å². The third kappa shape index (κ3) is 3.77. The average Bonchev–Trinajstić information content (AvgIpc) is 3.10. The van der Waals surface area contributed by atoms with Gasteiger partial charge in [-0.15, -0.1) is 24.8 Å². The van der Waals surface area contributed by atoms with Crippen LogP contribution >= 0.6 is 24.8 Å². The molecule has 1 aliphatic rings. The second-order valence-corrected chi connectivity index (χ2v) is 6.25. The monoisotopic (exact) mass is 397 g/mol. The Morgan fingerprint density at radius 1 is 1.12 bits per heavy atom. The molecular formula is C18H22Cl2FN5. The Morgan fingerprint density at radius 3 is 2.54 bits per heavy atom. The minimum Gasteiger partial charge on any atom is -0.356 e. The normalized spacial score (nSPS) is 14.8. The fourth-order valence-corrected chi connectivity index (χ4v) is 3.33. The Morgan fingerprint density at radius 2 is 1.85 bits per heavy atom. The van der Waals surface area contributed by atoms with Gasteiger partial charge in [0, 0.05) is 30.8 Å². The molecule has 1 fully saturated rings. The molecule has 1 saturated heterocycles. The lowest BCUT2D eigenvalue weighted by molar-refractivity contribution is 0.412. The predicted molar refractivity (Wildman–Crippen MR) is 107 cm³/mol. The maximum Gasteiger partial charge on any atom is 0.157 e. The molecule has 1 aliphatic heterocycles. The summed E-state index contributed by atoms with van der Waals surface area (Å²) < 4.78 is 16.0. The molecule has 3 aromatic rings. The van der Waals surface area contributed by atoms with Crippen molar-refractivity contribution in [1.29, 1.82) is 0 Å². The number of nitrogens with two attached hydrogens (primary N) is 1. The van der Waals surface area contributed by atoms with E-state index in [-0.39, 0.29) is 30.6 Å². The van der Waals surface area contributed by atoms with Crippen molar-refractivity contribution in [3.8, 4) is 11.3 Å². The van der Waals surface area contributed by atoms with Crippen molar-refractivity contribution < 1.29 is 4.39 Å². The van der Waals surface area contributed by atoms with Gasteiger partial charge in [0.25, 0.3) is 0 Å². The number of hydrogen-bond acceptors (Lipinski definition) is 4. The number of benzene rings is 1. The number of fused-ring (bicyclic) bond motifs is 1. The maximum absolute atomic E-state index is 14.2. The van der Waals surface area contributed by atoms with E-state index in [1.54, 1.807) is 18.3 Å². The molecule has 1 aromatic carbocycles. The number of aromatic nitrogens is 3. The van der Waals surface area contributed by atoms with Crippen molar-refractivity contribution in [3.05, 3.63) is 48.4 Å². The molecule has 2 N–H and O–H groups in total. The van der Waals surface area contributed by atoms with E-state index in [0.29, 0.717) is 17.2 Å². The third-order valence-electron chi connectivity index (χ3n) is 4.76. The molecule has 26 heavy (non-hydrogen) atoms. The molecule has 0 unspecified atom stereocenters. The summed E-state index contributed by atoms with van der Waals surface area (Å²) in [7, 11) is 0. The van der Waals surface area contributed by atoms with Crippen LogP contribution in [0.1, 0.15) is 12.8 Å². The van der Waals surface area contributed by atoms with Crippen LogP contribution in [0.25, 0.3) is 16.9 Å². The molecular weight excluding hydrogens is 376 g/mol. The Hall–Kier alpha value is -1.89. The summed E-state index contributed by atoms with van der Waals surface area (Å²) in [5.41, 5.74) is 7.67. The highest BCUT2D eigenvalue weighted by atomic mass is 35.5. The van der Waals surface area contributed by atoms with Crippen LogP contribution in [0.5, 0.6) is 0 Å². The molecule has 0 aliphatic carbocycles. The molecule has 0 spiro atoms. The van der Waals surface area contributed by atoms with Crippen molar-refractivity contribution in [2.45, 2.75) is 12.8 Å². The van der Waals surface area contributed by atoms with Crippen molar-refractivity contribution in [1.82, 2.24) is 14.6 Å². The van der Waals surface area contributed by atoms with Gasteiger partial charge in [0.15, 0.2) is 5.65 Å². The second-order valence-electron chi connectivity index (χ2n) is 6.25. The quantitative estimate of drug-likeness (QED) is 0.733. The van der Waals surface area contributed by atoms with Gasteiger partial charge in [-0.05, 0) is 37.4 Å². The van der Waals surface area contributed by atoms with Crippen molar-refractivity contribution in [2.24, 2.45) is 11.7 Å². The van der Waals surface area contributed by atoms with E-state index in [1.807, 2.05) is 22.7 Å². The van der Waals surface area contributed by atoms with Crippen molar-refractivity contribution in [3.63, 3.8) is 0 Å². The van der Waals surface area contributed by atoms with Crippen LogP contribution in [0.3, 0.4) is 0 Å². The highest BCUT2D eigenvalue weighted by molar-refractivity contribution is 5.85. The Labute approximate surface area is 164 Å². The van der Waals surface area contributed by atoms with E-state index in [2.05, 4.69) is 15.0 Å². The van der Waals surface area contributed by atoms with Crippen LogP contribution in [-0.4, -0.2) is 34.2 Å². The van der Waals surface area contributed by atoms with Gasteiger partial charge >= 0.3 is 0 Å². The molecule has 5 nitrogen and oxygen atoms in total. The van der Waals surface area contributed by atoms with E-state index in [4.69, 9.17) is 5.73 Å². The number of rotatable bonds is 3. The third-order valence-corrected chi connectivity index (χ3v) is 4.76. The van der Waals surface area contributed by atoms with Crippen LogP contribution in [0, 0.1) is 11.7 Å². The van der Waals surface area contributed by atoms with Gasteiger partial charge in [0.05, 0.1) is 11.9 Å². The highest BCUT2D eigenvalue weighted by Crippen LogP contribution is 2.28. The average molecular weight is 398 g/mol. The Bertz CT molecular complexity index is 862. The molecule has 0 radical (unpaired) electrons. The zero-order chi connectivity index (χ0) is 16.5. The first kappa shape index (κ1) is 20.4. The van der Waals surface area contributed by atoms with E-state index in [0.717, 1.165) is 43.9 Å². The lowest BCUT2D eigenvalue weighted by Gasteiger charge is -2.33. The first-order chi connectivity index (χ1) is 11.8. The van der Waals surface area contributed by atoms with Crippen LogP contribution in [0.4, 0.5) is 10.2 Å². The second kappa shape index (κ2) is 8.66. The number of anilines is 1. The Balaban J connectivity index is 0.00000121. The smallest absolute Gasteiger partial charge is 0.157 e. The SMILES string of the molecule is Cl.Cl.NCC1CCN(c2cc(-c3ccccc3F)nc3ccnn23)CC1. The standard InChI is InChI=1S/C18H20FN5.2ClH/c19-15-4-2-1-3-14(15)16-11-18(24-17(22-16)5-8-21-24)23-9-6-13(12-20)7-10-23;;/h1-5,8,11,13H,6-7,9-10,12,20H2;2*1H. The molecule has 0 bridgehead atoms. The van der Waals surface area contributed by atoms with E-state index < -0.39 is 0 Å². The minimum atomic E-state index is -0.262. The highest BCUT2D eigenvalue weighted by Gasteiger charge is 2.21. The van der Waals surface area contributed by atoms with Gasteiger partial charge in [0.2, 0.25) is 0 Å². The summed E-state index contributed by atoms with van der Waals surface area (Å²) in [6.07, 6.45) is 3.86. The lowest BCUT2D eigenvalue weighted by Crippen LogP contribution is -2.37. The Kier molecular flexibility index (Phi) is 6.81. The number of piperidine rings is 1. The van der Waals surface area contributed by atoms with Crippen LogP contribution in [0.2, 0.25) is 0 Å². The van der Waals surface area contributed by atoms with E-state index in [1.165, 1.54) is 6.07 Å². The number of nitrogens with zero attached hydrogens (tertiary/aromatic N) is 4. The van der Waals surface area contributed by atoms with Gasteiger partial charge in [-0.25, -0.2) is 9.37 Å². The topological polar surface area (TPSA) is 59.5 Å². The zero-order valence-electron chi connectivity index (χ0n) is 14.2. The molecule has 0 saturated carbocycles. The molecule has 8 heteroatoms. The summed E-state index contributed by atoms with van der Waals surface area (Å²) in [4.78, 5) is 6.86. The van der Waals surface area contributed by atoms with Gasteiger partial charge < -0.3 is 10.6 Å². The lowest BCUT2D eigenvalue weighted by atomic mass is 9.97. The van der Waals surface area contributed by atoms with Gasteiger partial charge in [0.1, 0.15) is 11.6 Å². The molecule has 140 valence electrons. The van der Waals surface area contributed by atoms with Gasteiger partial charge in [-0.1, -0.05) is 12.1 Å². The molecule has 2 aromatic heterocycles. The first-order valence-corrected chi connectivity index (χ1v) is 8.31. The molecule has 0 atom stereocenters. The first-order valence-electron chi connectivity index (χ1n) is 8.31. The summed E-state index contributed by atoms with van der Waals surface area (Å²) >= 11 is 0. The number of hydrogen-bond donors (Lipinski definition) is 1. The van der Waals surface area contributed by atoms with Crippen LogP contribution in [0.15, 0.2) is 42.6 Å². The zero-order valence-corrected chi connectivity index (χ0v) is 15.8. The van der Waals surface area contributed by atoms with Gasteiger partial charge in [-0.3, -0.25) is 0 Å². The predicted octanol–water partition coefficient (Wildman–Crippen LogP) is 3.55. The van der Waals surface area contributed by atoms with Gasteiger partial charge in [-0.2, -0.15) is 9.61 Å². The molecule has 3 heterocycles. The maximum atomic E-state index is 14.2.